The van der Waals surface area contributed by atoms with Crippen LogP contribution in [0.5, 0.6) is 0 Å². The highest BCUT2D eigenvalue weighted by atomic mass is 32.2. The predicted molar refractivity (Wildman–Crippen MR) is 127 cm³/mol. The molecule has 10 heteroatoms. The Balaban J connectivity index is 1.87. The van der Waals surface area contributed by atoms with Crippen molar-refractivity contribution in [3.8, 4) is 0 Å². The van der Waals surface area contributed by atoms with Crippen LogP contribution in [0.2, 0.25) is 0 Å². The Labute approximate surface area is 195 Å². The number of rotatable bonds is 9. The standard InChI is InChI=1S/C21H24N2O5S3/c1-4-5-10-22-15-11-14(13(2)28-27-3)6-7-16(15)30-18(22)9-8-17-20(26)23(12-19(24)25)21(29)31-17/h6-9,11,13H,4-5,10,12H2,1-3H3,(H,24,25)/b17-8+,18-9-. The fraction of sp³-hybridized carbons (Fsp3) is 0.381. The molecule has 31 heavy (non-hydrogen) atoms. The monoisotopic (exact) mass is 480 g/mol. The van der Waals surface area contributed by atoms with Crippen molar-refractivity contribution < 1.29 is 24.5 Å². The number of carbonyl (C=O) groups excluding carboxylic acids is 1. The molecule has 1 aromatic carbocycles. The van der Waals surface area contributed by atoms with Gasteiger partial charge in [-0.2, -0.15) is 0 Å². The molecular formula is C21H24N2O5S3. The highest BCUT2D eigenvalue weighted by molar-refractivity contribution is 8.26. The maximum atomic E-state index is 12.5. The number of aliphatic carboxylic acids is 1. The van der Waals surface area contributed by atoms with Gasteiger partial charge in [0.15, 0.2) is 0 Å². The van der Waals surface area contributed by atoms with Crippen LogP contribution < -0.4 is 4.90 Å². The van der Waals surface area contributed by atoms with Crippen molar-refractivity contribution in [2.75, 3.05) is 25.1 Å². The predicted octanol–water partition coefficient (Wildman–Crippen LogP) is 4.71. The van der Waals surface area contributed by atoms with E-state index in [4.69, 9.17) is 27.1 Å². The number of carboxylic acids is 1. The lowest BCUT2D eigenvalue weighted by Crippen LogP contribution is -2.33. The van der Waals surface area contributed by atoms with Crippen LogP contribution in [-0.4, -0.2) is 46.4 Å². The number of amides is 1. The number of fused-ring (bicyclic) bond motifs is 1. The third kappa shape index (κ3) is 5.50. The number of anilines is 1. The summed E-state index contributed by atoms with van der Waals surface area (Å²) in [5.74, 6) is -1.46. The SMILES string of the molecule is CCCCN1/C(=C/C=C2/SC(=S)N(CC(=O)O)C2=O)Sc2ccc(C(C)OOC)cc21. The van der Waals surface area contributed by atoms with Gasteiger partial charge in [-0.05, 0) is 43.2 Å². The minimum atomic E-state index is -1.09. The van der Waals surface area contributed by atoms with Crippen molar-refractivity contribution in [2.24, 2.45) is 0 Å². The molecule has 0 aromatic heterocycles. The van der Waals surface area contributed by atoms with Crippen LogP contribution in [0.25, 0.3) is 0 Å². The average Bonchev–Trinajstić information content (AvgIpc) is 3.21. The molecule has 0 spiro atoms. The van der Waals surface area contributed by atoms with E-state index in [1.807, 2.05) is 19.1 Å². The van der Waals surface area contributed by atoms with E-state index >= 15 is 0 Å². The lowest BCUT2D eigenvalue weighted by molar-refractivity contribution is -0.303. The van der Waals surface area contributed by atoms with Gasteiger partial charge in [-0.3, -0.25) is 14.5 Å². The minimum absolute atomic E-state index is 0.197. The third-order valence-electron chi connectivity index (χ3n) is 4.74. The van der Waals surface area contributed by atoms with Gasteiger partial charge >= 0.3 is 5.97 Å². The van der Waals surface area contributed by atoms with Crippen LogP contribution in [0.15, 0.2) is 45.2 Å². The first-order valence-corrected chi connectivity index (χ1v) is 11.9. The topological polar surface area (TPSA) is 79.3 Å². The summed E-state index contributed by atoms with van der Waals surface area (Å²) in [6.07, 6.45) is 5.51. The molecule has 7 nitrogen and oxygen atoms in total. The maximum absolute atomic E-state index is 12.5. The number of thiocarbonyl (C=S) groups is 1. The van der Waals surface area contributed by atoms with Crippen molar-refractivity contribution in [1.29, 1.82) is 0 Å². The van der Waals surface area contributed by atoms with Gasteiger partial charge in [0, 0.05) is 11.4 Å². The van der Waals surface area contributed by atoms with Crippen molar-refractivity contribution in [3.63, 3.8) is 0 Å². The second kappa shape index (κ2) is 10.6. The van der Waals surface area contributed by atoms with Gasteiger partial charge in [0.05, 0.1) is 22.7 Å². The first-order valence-electron chi connectivity index (χ1n) is 9.82. The highest BCUT2D eigenvalue weighted by Crippen LogP contribution is 2.47. The Morgan fingerprint density at radius 1 is 1.29 bits per heavy atom. The summed E-state index contributed by atoms with van der Waals surface area (Å²) in [7, 11) is 1.49. The highest BCUT2D eigenvalue weighted by Gasteiger charge is 2.33. The van der Waals surface area contributed by atoms with Crippen LogP contribution in [0, 0.1) is 0 Å². The van der Waals surface area contributed by atoms with Gasteiger partial charge in [0.1, 0.15) is 17.0 Å². The number of carboxylic acid groups (broad SMARTS) is 1. The maximum Gasteiger partial charge on any atom is 0.323 e. The number of benzene rings is 1. The number of thioether (sulfide) groups is 2. The Morgan fingerprint density at radius 2 is 2.06 bits per heavy atom. The molecule has 1 N–H and O–H groups in total. The van der Waals surface area contributed by atoms with E-state index in [-0.39, 0.29) is 16.3 Å². The first kappa shape index (κ1) is 23.8. The van der Waals surface area contributed by atoms with Crippen molar-refractivity contribution >= 4 is 57.6 Å². The molecule has 0 bridgehead atoms. The van der Waals surface area contributed by atoms with Gasteiger partial charge in [-0.25, -0.2) is 9.78 Å². The Bertz CT molecular complexity index is 947. The summed E-state index contributed by atoms with van der Waals surface area (Å²) in [5.41, 5.74) is 2.11. The first-order chi connectivity index (χ1) is 14.8. The molecule has 166 valence electrons. The van der Waals surface area contributed by atoms with Crippen molar-refractivity contribution in [2.45, 2.75) is 37.7 Å². The molecule has 3 rings (SSSR count). The number of unbranched alkanes of at least 4 members (excludes halogenated alkanes) is 1. The normalized spacial score (nSPS) is 19.6. The summed E-state index contributed by atoms with van der Waals surface area (Å²) in [5, 5.41) is 9.99. The molecule has 2 aliphatic rings. The zero-order valence-corrected chi connectivity index (χ0v) is 19.9. The van der Waals surface area contributed by atoms with Crippen LogP contribution in [0.1, 0.15) is 38.4 Å². The minimum Gasteiger partial charge on any atom is -0.480 e. The number of carbonyl (C=O) groups is 2. The van der Waals surface area contributed by atoms with Crippen LogP contribution >= 0.6 is 35.7 Å². The molecule has 0 aliphatic carbocycles. The number of hydrogen-bond acceptors (Lipinski definition) is 8. The van der Waals surface area contributed by atoms with Gasteiger partial charge in [0.2, 0.25) is 0 Å². The van der Waals surface area contributed by atoms with Gasteiger partial charge in [0.25, 0.3) is 5.91 Å². The third-order valence-corrected chi connectivity index (χ3v) is 7.27. The molecule has 2 aliphatic heterocycles. The molecular weight excluding hydrogens is 456 g/mol. The van der Waals surface area contributed by atoms with E-state index in [1.54, 1.807) is 17.8 Å². The molecule has 1 unspecified atom stereocenters. The van der Waals surface area contributed by atoms with E-state index < -0.39 is 12.5 Å². The van der Waals surface area contributed by atoms with Crippen molar-refractivity contribution in [1.82, 2.24) is 4.90 Å². The second-order valence-corrected chi connectivity index (χ2v) is 9.67. The van der Waals surface area contributed by atoms with Crippen LogP contribution in [0.4, 0.5) is 5.69 Å². The summed E-state index contributed by atoms with van der Waals surface area (Å²) >= 11 is 7.92. The Hall–Kier alpha value is -1.85. The molecule has 1 fully saturated rings. The molecule has 0 saturated carbocycles. The molecule has 1 saturated heterocycles. The fourth-order valence-electron chi connectivity index (χ4n) is 3.17. The number of hydrogen-bond donors (Lipinski definition) is 1. The largest absolute Gasteiger partial charge is 0.480 e. The molecule has 0 radical (unpaired) electrons. The summed E-state index contributed by atoms with van der Waals surface area (Å²) in [4.78, 5) is 38.5. The summed E-state index contributed by atoms with van der Waals surface area (Å²) in [6, 6.07) is 6.19. The summed E-state index contributed by atoms with van der Waals surface area (Å²) < 4.78 is 0.263. The van der Waals surface area contributed by atoms with E-state index in [1.165, 1.54) is 7.11 Å². The van der Waals surface area contributed by atoms with Gasteiger partial charge in [-0.1, -0.05) is 55.2 Å². The molecule has 1 amide bonds. The van der Waals surface area contributed by atoms with E-state index in [9.17, 15) is 9.59 Å². The smallest absolute Gasteiger partial charge is 0.323 e. The van der Waals surface area contributed by atoms with Gasteiger partial charge < -0.3 is 10.0 Å². The lowest BCUT2D eigenvalue weighted by atomic mass is 10.1. The molecule has 2 heterocycles. The quantitative estimate of drug-likeness (QED) is 0.234. The van der Waals surface area contributed by atoms with E-state index in [2.05, 4.69) is 24.0 Å². The fourth-order valence-corrected chi connectivity index (χ4v) is 5.44. The van der Waals surface area contributed by atoms with E-state index in [0.717, 1.165) is 57.2 Å². The molecule has 1 atom stereocenters. The van der Waals surface area contributed by atoms with Crippen molar-refractivity contribution in [3.05, 3.63) is 45.8 Å². The second-order valence-electron chi connectivity index (χ2n) is 6.93. The Morgan fingerprint density at radius 3 is 2.74 bits per heavy atom. The molecule has 1 aromatic rings. The summed E-state index contributed by atoms with van der Waals surface area (Å²) in [6.45, 7) is 4.50. The van der Waals surface area contributed by atoms with E-state index in [0.29, 0.717) is 4.91 Å². The zero-order valence-electron chi connectivity index (χ0n) is 17.5. The van der Waals surface area contributed by atoms with Gasteiger partial charge in [-0.15, -0.1) is 0 Å². The average molecular weight is 481 g/mol. The number of nitrogens with zero attached hydrogens (tertiary/aromatic N) is 2. The lowest BCUT2D eigenvalue weighted by Gasteiger charge is -2.21. The van der Waals surface area contributed by atoms with Crippen LogP contribution in [-0.2, 0) is 19.4 Å². The zero-order chi connectivity index (χ0) is 22.5. The number of allylic oxidation sites excluding steroid dienone is 2. The van der Waals surface area contributed by atoms with Crippen LogP contribution in [0.3, 0.4) is 0 Å². The Kier molecular flexibility index (Phi) is 8.17.